The van der Waals surface area contributed by atoms with Gasteiger partial charge in [-0.25, -0.2) is 4.98 Å². The number of hydrogen-bond acceptors (Lipinski definition) is 2. The Hall–Kier alpha value is -1.36. The largest absolute Gasteiger partial charge is 0.338 e. The van der Waals surface area contributed by atoms with E-state index in [1.165, 1.54) is 12.0 Å². The molecule has 4 nitrogen and oxygen atoms in total. The van der Waals surface area contributed by atoms with Crippen LogP contribution in [0.2, 0.25) is 0 Å². The number of fused-ring (bicyclic) bond motifs is 1. The molecule has 0 unspecified atom stereocenters. The predicted octanol–water partition coefficient (Wildman–Crippen LogP) is 2.47. The Bertz CT molecular complexity index is 687. The highest BCUT2D eigenvalue weighted by atomic mass is 79.9. The van der Waals surface area contributed by atoms with Crippen molar-refractivity contribution < 1.29 is 0 Å². The average molecular weight is 336 g/mol. The Morgan fingerprint density at radius 3 is 2.75 bits per heavy atom. The van der Waals surface area contributed by atoms with Crippen molar-refractivity contribution in [1.29, 1.82) is 0 Å². The standard InChI is InChI=1S/C15H18BrN3O/c1-18-10-17-8-11(18)6-7-19-9-14(16)12-4-2-3-5-13(12)15(19)20/h8-10H,2-7H2,1H3. The Morgan fingerprint density at radius 1 is 1.30 bits per heavy atom. The first-order valence-electron chi connectivity index (χ1n) is 7.02. The van der Waals surface area contributed by atoms with Gasteiger partial charge in [-0.15, -0.1) is 0 Å². The SMILES string of the molecule is Cn1cncc1CCn1cc(Br)c2c(c1=O)CCCC2. The number of rotatable bonds is 3. The third-order valence-corrected chi connectivity index (χ3v) is 4.75. The smallest absolute Gasteiger partial charge is 0.254 e. The van der Waals surface area contributed by atoms with Gasteiger partial charge in [0.2, 0.25) is 0 Å². The average Bonchev–Trinajstić information content (AvgIpc) is 2.87. The summed E-state index contributed by atoms with van der Waals surface area (Å²) in [7, 11) is 1.98. The summed E-state index contributed by atoms with van der Waals surface area (Å²) in [5.41, 5.74) is 3.56. The molecule has 0 spiro atoms. The van der Waals surface area contributed by atoms with E-state index in [0.717, 1.165) is 41.4 Å². The second-order valence-corrected chi connectivity index (χ2v) is 6.24. The van der Waals surface area contributed by atoms with Crippen molar-refractivity contribution >= 4 is 15.9 Å². The molecule has 2 aromatic rings. The second-order valence-electron chi connectivity index (χ2n) is 5.39. The minimum absolute atomic E-state index is 0.185. The lowest BCUT2D eigenvalue weighted by Crippen LogP contribution is -2.28. The molecule has 3 rings (SSSR count). The summed E-state index contributed by atoms with van der Waals surface area (Å²) < 4.78 is 4.91. The molecule has 0 atom stereocenters. The summed E-state index contributed by atoms with van der Waals surface area (Å²) in [5, 5.41) is 0. The molecule has 0 radical (unpaired) electrons. The minimum atomic E-state index is 0.185. The number of hydrogen-bond donors (Lipinski definition) is 0. The molecule has 0 aliphatic heterocycles. The van der Waals surface area contributed by atoms with Gasteiger partial charge >= 0.3 is 0 Å². The van der Waals surface area contributed by atoms with Gasteiger partial charge in [0.05, 0.1) is 6.33 Å². The highest BCUT2D eigenvalue weighted by Crippen LogP contribution is 2.25. The van der Waals surface area contributed by atoms with Crippen molar-refractivity contribution in [3.63, 3.8) is 0 Å². The zero-order chi connectivity index (χ0) is 14.1. The first kappa shape index (κ1) is 13.6. The Morgan fingerprint density at radius 2 is 2.05 bits per heavy atom. The normalized spacial score (nSPS) is 14.3. The molecule has 2 aromatic heterocycles. The minimum Gasteiger partial charge on any atom is -0.338 e. The topological polar surface area (TPSA) is 39.8 Å². The van der Waals surface area contributed by atoms with Crippen LogP contribution in [0.25, 0.3) is 0 Å². The quantitative estimate of drug-likeness (QED) is 0.864. The zero-order valence-corrected chi connectivity index (χ0v) is 13.2. The lowest BCUT2D eigenvalue weighted by molar-refractivity contribution is 0.609. The number of aryl methyl sites for hydroxylation is 3. The number of pyridine rings is 1. The maximum Gasteiger partial charge on any atom is 0.254 e. The number of nitrogens with zero attached hydrogens (tertiary/aromatic N) is 3. The van der Waals surface area contributed by atoms with E-state index in [0.29, 0.717) is 6.54 Å². The van der Waals surface area contributed by atoms with Crippen LogP contribution >= 0.6 is 15.9 Å². The first-order valence-corrected chi connectivity index (χ1v) is 7.82. The van der Waals surface area contributed by atoms with Gasteiger partial charge < -0.3 is 9.13 Å². The van der Waals surface area contributed by atoms with E-state index >= 15 is 0 Å². The summed E-state index contributed by atoms with van der Waals surface area (Å²) in [4.78, 5) is 16.6. The van der Waals surface area contributed by atoms with Crippen molar-refractivity contribution in [2.24, 2.45) is 7.05 Å². The fourth-order valence-corrected chi connectivity index (χ4v) is 3.56. The van der Waals surface area contributed by atoms with Crippen LogP contribution in [0.1, 0.15) is 29.7 Å². The van der Waals surface area contributed by atoms with Crippen LogP contribution in [0.15, 0.2) is 28.0 Å². The molecule has 0 saturated carbocycles. The maximum atomic E-state index is 12.5. The summed E-state index contributed by atoms with van der Waals surface area (Å²) in [6, 6.07) is 0. The van der Waals surface area contributed by atoms with E-state index in [1.54, 1.807) is 6.33 Å². The monoisotopic (exact) mass is 335 g/mol. The predicted molar refractivity (Wildman–Crippen MR) is 82.0 cm³/mol. The molecular formula is C15H18BrN3O. The Balaban J connectivity index is 1.89. The van der Waals surface area contributed by atoms with Crippen molar-refractivity contribution in [3.05, 3.63) is 50.4 Å². The zero-order valence-electron chi connectivity index (χ0n) is 11.6. The molecule has 5 heteroatoms. The second kappa shape index (κ2) is 5.56. The number of halogens is 1. The number of imidazole rings is 1. The van der Waals surface area contributed by atoms with Crippen LogP contribution in [0.3, 0.4) is 0 Å². The van der Waals surface area contributed by atoms with Crippen LogP contribution < -0.4 is 5.56 Å². The molecule has 0 fully saturated rings. The molecule has 0 aromatic carbocycles. The van der Waals surface area contributed by atoms with Crippen LogP contribution in [0, 0.1) is 0 Å². The summed E-state index contributed by atoms with van der Waals surface area (Å²) in [6.07, 6.45) is 10.7. The maximum absolute atomic E-state index is 12.5. The van der Waals surface area contributed by atoms with E-state index < -0.39 is 0 Å². The van der Waals surface area contributed by atoms with Gasteiger partial charge in [0.15, 0.2) is 0 Å². The van der Waals surface area contributed by atoms with Crippen LogP contribution in [0.4, 0.5) is 0 Å². The van der Waals surface area contributed by atoms with E-state index in [9.17, 15) is 4.79 Å². The van der Waals surface area contributed by atoms with E-state index in [2.05, 4.69) is 20.9 Å². The van der Waals surface area contributed by atoms with Crippen LogP contribution in [0.5, 0.6) is 0 Å². The summed E-state index contributed by atoms with van der Waals surface area (Å²) in [6.45, 7) is 0.699. The van der Waals surface area contributed by atoms with Gasteiger partial charge in [0.1, 0.15) is 0 Å². The van der Waals surface area contributed by atoms with Crippen LogP contribution in [-0.2, 0) is 32.9 Å². The molecular weight excluding hydrogens is 318 g/mol. The Labute approximate surface area is 126 Å². The molecule has 0 bridgehead atoms. The summed E-state index contributed by atoms with van der Waals surface area (Å²) in [5.74, 6) is 0. The molecule has 0 N–H and O–H groups in total. The van der Waals surface area contributed by atoms with Crippen LogP contribution in [-0.4, -0.2) is 14.1 Å². The molecule has 1 aliphatic carbocycles. The van der Waals surface area contributed by atoms with E-state index in [1.807, 2.05) is 28.6 Å². The summed E-state index contributed by atoms with van der Waals surface area (Å²) >= 11 is 3.62. The van der Waals surface area contributed by atoms with Crippen molar-refractivity contribution in [3.8, 4) is 0 Å². The highest BCUT2D eigenvalue weighted by Gasteiger charge is 2.17. The molecule has 2 heterocycles. The van der Waals surface area contributed by atoms with E-state index in [4.69, 9.17) is 0 Å². The van der Waals surface area contributed by atoms with E-state index in [-0.39, 0.29) is 5.56 Å². The lowest BCUT2D eigenvalue weighted by Gasteiger charge is -2.19. The highest BCUT2D eigenvalue weighted by molar-refractivity contribution is 9.10. The molecule has 106 valence electrons. The third kappa shape index (κ3) is 2.46. The van der Waals surface area contributed by atoms with Gasteiger partial charge in [-0.2, -0.15) is 0 Å². The van der Waals surface area contributed by atoms with Gasteiger partial charge in [-0.05, 0) is 47.2 Å². The van der Waals surface area contributed by atoms with Gasteiger partial charge in [-0.1, -0.05) is 0 Å². The molecule has 1 aliphatic rings. The Kier molecular flexibility index (Phi) is 3.78. The number of aromatic nitrogens is 3. The molecule has 0 amide bonds. The van der Waals surface area contributed by atoms with Crippen molar-refractivity contribution in [2.45, 2.75) is 38.6 Å². The molecule has 20 heavy (non-hydrogen) atoms. The lowest BCUT2D eigenvalue weighted by atomic mass is 9.93. The fourth-order valence-electron chi connectivity index (χ4n) is 2.88. The first-order chi connectivity index (χ1) is 9.66. The van der Waals surface area contributed by atoms with Crippen molar-refractivity contribution in [2.75, 3.05) is 0 Å². The third-order valence-electron chi connectivity index (χ3n) is 4.07. The fraction of sp³-hybridized carbons (Fsp3) is 0.467. The van der Waals surface area contributed by atoms with Gasteiger partial charge in [0, 0.05) is 48.1 Å². The van der Waals surface area contributed by atoms with Gasteiger partial charge in [-0.3, -0.25) is 4.79 Å². The molecule has 0 saturated heterocycles. The van der Waals surface area contributed by atoms with Gasteiger partial charge in [0.25, 0.3) is 5.56 Å². The van der Waals surface area contributed by atoms with Crippen molar-refractivity contribution in [1.82, 2.24) is 14.1 Å².